The topological polar surface area (TPSA) is 97.6 Å². The van der Waals surface area contributed by atoms with Crippen molar-refractivity contribution >= 4 is 17.5 Å². The molecular weight excluding hydrogens is 420 g/mol. The first-order chi connectivity index (χ1) is 16.2. The van der Waals surface area contributed by atoms with Crippen LogP contribution in [0.3, 0.4) is 0 Å². The van der Waals surface area contributed by atoms with E-state index in [1.807, 2.05) is 30.3 Å². The summed E-state index contributed by atoms with van der Waals surface area (Å²) in [6, 6.07) is 18.6. The Morgan fingerprint density at radius 2 is 1.91 bits per heavy atom. The molecule has 1 atom stereocenters. The highest BCUT2D eigenvalue weighted by atomic mass is 16.5. The van der Waals surface area contributed by atoms with E-state index in [0.717, 1.165) is 5.56 Å². The quantitative estimate of drug-likeness (QED) is 0.446. The van der Waals surface area contributed by atoms with E-state index < -0.39 is 17.9 Å². The van der Waals surface area contributed by atoms with E-state index in [1.54, 1.807) is 36.4 Å². The average molecular weight is 442 g/mol. The standard InChI is InChI=1S/C25H22N4O4/c1-32-20-10-5-9-19(15-20)29(25(31)21-17-26-12-13-27-21)23(22-11-6-14-33-22)24(30)28-16-18-7-3-2-4-8-18/h2-15,17,23H,16H2,1H3,(H,28,30)/t23-/m1/s1. The molecule has 166 valence electrons. The van der Waals surface area contributed by atoms with Crippen molar-refractivity contribution in [3.05, 3.63) is 109 Å². The minimum absolute atomic E-state index is 0.0905. The van der Waals surface area contributed by atoms with Gasteiger partial charge in [0.2, 0.25) is 0 Å². The molecule has 2 heterocycles. The van der Waals surface area contributed by atoms with Crippen LogP contribution in [0.4, 0.5) is 5.69 Å². The molecule has 4 rings (SSSR count). The number of ether oxygens (including phenoxy) is 1. The Morgan fingerprint density at radius 3 is 2.61 bits per heavy atom. The summed E-state index contributed by atoms with van der Waals surface area (Å²) in [6.07, 6.45) is 5.72. The fourth-order valence-corrected chi connectivity index (χ4v) is 3.38. The van der Waals surface area contributed by atoms with Crippen LogP contribution >= 0.6 is 0 Å². The number of anilines is 1. The van der Waals surface area contributed by atoms with Gasteiger partial charge >= 0.3 is 0 Å². The number of methoxy groups -OCH3 is 1. The Bertz CT molecular complexity index is 1200. The molecule has 33 heavy (non-hydrogen) atoms. The van der Waals surface area contributed by atoms with Crippen molar-refractivity contribution in [3.8, 4) is 5.75 Å². The number of aromatic nitrogens is 2. The third-order valence-electron chi connectivity index (χ3n) is 4.96. The van der Waals surface area contributed by atoms with E-state index in [9.17, 15) is 9.59 Å². The maximum atomic E-state index is 13.6. The van der Waals surface area contributed by atoms with Gasteiger partial charge in [0.25, 0.3) is 11.8 Å². The van der Waals surface area contributed by atoms with Crippen LogP contribution < -0.4 is 15.0 Å². The fraction of sp³-hybridized carbons (Fsp3) is 0.120. The molecule has 0 saturated carbocycles. The number of hydrogen-bond donors (Lipinski definition) is 1. The van der Waals surface area contributed by atoms with Crippen LogP contribution in [0.25, 0.3) is 0 Å². The van der Waals surface area contributed by atoms with Crippen LogP contribution in [0.15, 0.2) is 96.0 Å². The van der Waals surface area contributed by atoms with Crippen LogP contribution in [0.2, 0.25) is 0 Å². The first-order valence-corrected chi connectivity index (χ1v) is 10.3. The van der Waals surface area contributed by atoms with E-state index >= 15 is 0 Å². The van der Waals surface area contributed by atoms with Gasteiger partial charge in [0.15, 0.2) is 6.04 Å². The second-order valence-corrected chi connectivity index (χ2v) is 7.09. The van der Waals surface area contributed by atoms with E-state index in [0.29, 0.717) is 23.7 Å². The van der Waals surface area contributed by atoms with Gasteiger partial charge in [0, 0.05) is 30.7 Å². The lowest BCUT2D eigenvalue weighted by atomic mass is 10.1. The zero-order chi connectivity index (χ0) is 23.0. The molecular formula is C25H22N4O4. The van der Waals surface area contributed by atoms with Crippen molar-refractivity contribution in [1.29, 1.82) is 0 Å². The lowest BCUT2D eigenvalue weighted by molar-refractivity contribution is -0.123. The lowest BCUT2D eigenvalue weighted by Crippen LogP contribution is -2.44. The van der Waals surface area contributed by atoms with Crippen LogP contribution in [-0.4, -0.2) is 28.9 Å². The average Bonchev–Trinajstić information content (AvgIpc) is 3.41. The Hall–Kier alpha value is -4.46. The SMILES string of the molecule is COc1cccc(N(C(=O)c2cnccn2)[C@@H](C(=O)NCc2ccccc2)c2ccco2)c1. The van der Waals surface area contributed by atoms with Crippen molar-refractivity contribution in [3.63, 3.8) is 0 Å². The molecule has 2 aromatic carbocycles. The summed E-state index contributed by atoms with van der Waals surface area (Å²) in [5.41, 5.74) is 1.46. The third kappa shape index (κ3) is 5.07. The maximum absolute atomic E-state index is 13.6. The lowest BCUT2D eigenvalue weighted by Gasteiger charge is -2.29. The molecule has 0 saturated heterocycles. The Kier molecular flexibility index (Phi) is 6.75. The zero-order valence-corrected chi connectivity index (χ0v) is 17.9. The van der Waals surface area contributed by atoms with Gasteiger partial charge < -0.3 is 14.5 Å². The summed E-state index contributed by atoms with van der Waals surface area (Å²) >= 11 is 0. The monoisotopic (exact) mass is 442 g/mol. The van der Waals surface area contributed by atoms with Crippen LogP contribution in [0.5, 0.6) is 5.75 Å². The van der Waals surface area contributed by atoms with Gasteiger partial charge in [-0.1, -0.05) is 36.4 Å². The van der Waals surface area contributed by atoms with Gasteiger partial charge in [0.05, 0.1) is 19.6 Å². The number of nitrogens with zero attached hydrogens (tertiary/aromatic N) is 3. The fourth-order valence-electron chi connectivity index (χ4n) is 3.38. The summed E-state index contributed by atoms with van der Waals surface area (Å²) in [5, 5.41) is 2.91. The Labute approximate surface area is 190 Å². The molecule has 8 nitrogen and oxygen atoms in total. The molecule has 2 amide bonds. The highest BCUT2D eigenvalue weighted by Crippen LogP contribution is 2.32. The summed E-state index contributed by atoms with van der Waals surface area (Å²) < 4.78 is 10.9. The predicted molar refractivity (Wildman–Crippen MR) is 122 cm³/mol. The number of hydrogen-bond acceptors (Lipinski definition) is 6. The van der Waals surface area contributed by atoms with Crippen LogP contribution in [0, 0.1) is 0 Å². The molecule has 0 aliphatic rings. The Balaban J connectivity index is 1.75. The highest BCUT2D eigenvalue weighted by Gasteiger charge is 2.36. The van der Waals surface area contributed by atoms with Crippen LogP contribution in [0.1, 0.15) is 27.9 Å². The summed E-state index contributed by atoms with van der Waals surface area (Å²) in [4.78, 5) is 36.6. The third-order valence-corrected chi connectivity index (χ3v) is 4.96. The molecule has 2 aromatic heterocycles. The molecule has 0 radical (unpaired) electrons. The molecule has 0 aliphatic heterocycles. The molecule has 0 unspecified atom stereocenters. The van der Waals surface area contributed by atoms with Crippen molar-refractivity contribution < 1.29 is 18.7 Å². The van der Waals surface area contributed by atoms with Crippen molar-refractivity contribution in [1.82, 2.24) is 15.3 Å². The van der Waals surface area contributed by atoms with Gasteiger partial charge in [-0.2, -0.15) is 0 Å². The van der Waals surface area contributed by atoms with E-state index in [2.05, 4.69) is 15.3 Å². The molecule has 8 heteroatoms. The van der Waals surface area contributed by atoms with E-state index in [-0.39, 0.29) is 5.69 Å². The summed E-state index contributed by atoms with van der Waals surface area (Å²) in [5.74, 6) is -0.0746. The molecule has 1 N–H and O–H groups in total. The smallest absolute Gasteiger partial charge is 0.279 e. The van der Waals surface area contributed by atoms with Crippen molar-refractivity contribution in [2.24, 2.45) is 0 Å². The number of amides is 2. The van der Waals surface area contributed by atoms with Gasteiger partial charge in [-0.15, -0.1) is 0 Å². The molecule has 0 bridgehead atoms. The summed E-state index contributed by atoms with van der Waals surface area (Å²) in [7, 11) is 1.53. The first kappa shape index (κ1) is 21.8. The number of carbonyl (C=O) groups excluding carboxylic acids is 2. The molecule has 0 fully saturated rings. The van der Waals surface area contributed by atoms with Gasteiger partial charge in [-0.3, -0.25) is 19.5 Å². The largest absolute Gasteiger partial charge is 0.497 e. The van der Waals surface area contributed by atoms with Gasteiger partial charge in [0.1, 0.15) is 17.2 Å². The Morgan fingerprint density at radius 1 is 1.06 bits per heavy atom. The van der Waals surface area contributed by atoms with Crippen LogP contribution in [-0.2, 0) is 11.3 Å². The highest BCUT2D eigenvalue weighted by molar-refractivity contribution is 6.08. The number of carbonyl (C=O) groups is 2. The van der Waals surface area contributed by atoms with E-state index in [1.165, 1.54) is 36.9 Å². The molecule has 4 aromatic rings. The molecule has 0 spiro atoms. The van der Waals surface area contributed by atoms with Crippen molar-refractivity contribution in [2.45, 2.75) is 12.6 Å². The number of benzene rings is 2. The maximum Gasteiger partial charge on any atom is 0.279 e. The second-order valence-electron chi connectivity index (χ2n) is 7.09. The normalized spacial score (nSPS) is 11.4. The predicted octanol–water partition coefficient (Wildman–Crippen LogP) is 3.78. The summed E-state index contributed by atoms with van der Waals surface area (Å²) in [6.45, 7) is 0.294. The van der Waals surface area contributed by atoms with Crippen molar-refractivity contribution in [2.75, 3.05) is 12.0 Å². The second kappa shape index (κ2) is 10.2. The minimum Gasteiger partial charge on any atom is -0.497 e. The van der Waals surface area contributed by atoms with Gasteiger partial charge in [-0.25, -0.2) is 4.98 Å². The van der Waals surface area contributed by atoms with E-state index in [4.69, 9.17) is 9.15 Å². The molecule has 0 aliphatic carbocycles. The van der Waals surface area contributed by atoms with Gasteiger partial charge in [-0.05, 0) is 29.8 Å². The number of furan rings is 1. The first-order valence-electron chi connectivity index (χ1n) is 10.3. The number of rotatable bonds is 8. The minimum atomic E-state index is -1.09. The zero-order valence-electron chi connectivity index (χ0n) is 17.9. The number of nitrogens with one attached hydrogen (secondary N) is 1.